The summed E-state index contributed by atoms with van der Waals surface area (Å²) < 4.78 is 7.44. The SMILES string of the molecule is CC(C)c1cc(Oc2cnn(C)c2)nc(C(C)C)n1. The molecule has 5 nitrogen and oxygen atoms in total. The van der Waals surface area contributed by atoms with Crippen molar-refractivity contribution in [3.63, 3.8) is 0 Å². The van der Waals surface area contributed by atoms with Crippen molar-refractivity contribution in [2.75, 3.05) is 0 Å². The van der Waals surface area contributed by atoms with E-state index in [4.69, 9.17) is 4.74 Å². The quantitative estimate of drug-likeness (QED) is 0.846. The van der Waals surface area contributed by atoms with Crippen molar-refractivity contribution in [1.29, 1.82) is 0 Å². The molecule has 0 atom stereocenters. The highest BCUT2D eigenvalue weighted by atomic mass is 16.5. The van der Waals surface area contributed by atoms with Crippen LogP contribution >= 0.6 is 0 Å². The fourth-order valence-corrected chi connectivity index (χ4v) is 1.64. The van der Waals surface area contributed by atoms with Crippen molar-refractivity contribution >= 4 is 0 Å². The summed E-state index contributed by atoms with van der Waals surface area (Å²) in [6.07, 6.45) is 3.48. The molecule has 0 saturated carbocycles. The third kappa shape index (κ3) is 3.30. The highest BCUT2D eigenvalue weighted by Crippen LogP contribution is 2.24. The number of ether oxygens (including phenoxy) is 1. The number of aromatic nitrogens is 4. The normalized spacial score (nSPS) is 11.3. The fourth-order valence-electron chi connectivity index (χ4n) is 1.64. The van der Waals surface area contributed by atoms with E-state index in [0.29, 0.717) is 17.5 Å². The monoisotopic (exact) mass is 260 g/mol. The summed E-state index contributed by atoms with van der Waals surface area (Å²) in [6.45, 7) is 8.38. The molecular formula is C14H20N4O. The maximum Gasteiger partial charge on any atom is 0.222 e. The van der Waals surface area contributed by atoms with Crippen molar-refractivity contribution in [2.45, 2.75) is 39.5 Å². The van der Waals surface area contributed by atoms with Gasteiger partial charge in [-0.05, 0) is 5.92 Å². The van der Waals surface area contributed by atoms with Gasteiger partial charge in [0.1, 0.15) is 5.82 Å². The second kappa shape index (κ2) is 5.38. The molecular weight excluding hydrogens is 240 g/mol. The molecule has 0 N–H and O–H groups in total. The minimum atomic E-state index is 0.273. The Morgan fingerprint density at radius 3 is 2.37 bits per heavy atom. The van der Waals surface area contributed by atoms with Gasteiger partial charge in [-0.1, -0.05) is 27.7 Å². The van der Waals surface area contributed by atoms with Crippen LogP contribution in [0.2, 0.25) is 0 Å². The summed E-state index contributed by atoms with van der Waals surface area (Å²) in [5, 5.41) is 4.08. The summed E-state index contributed by atoms with van der Waals surface area (Å²) in [4.78, 5) is 9.02. The largest absolute Gasteiger partial charge is 0.436 e. The molecule has 19 heavy (non-hydrogen) atoms. The third-order valence-electron chi connectivity index (χ3n) is 2.75. The molecule has 0 fully saturated rings. The maximum atomic E-state index is 5.75. The summed E-state index contributed by atoms with van der Waals surface area (Å²) >= 11 is 0. The van der Waals surface area contributed by atoms with Gasteiger partial charge in [-0.25, -0.2) is 4.98 Å². The van der Waals surface area contributed by atoms with E-state index in [1.54, 1.807) is 10.9 Å². The summed E-state index contributed by atoms with van der Waals surface area (Å²) in [5.41, 5.74) is 0.998. The molecule has 0 aromatic carbocycles. The molecule has 2 rings (SSSR count). The highest BCUT2D eigenvalue weighted by Gasteiger charge is 2.12. The Balaban J connectivity index is 2.33. The first-order chi connectivity index (χ1) is 8.95. The first-order valence-electron chi connectivity index (χ1n) is 6.51. The van der Waals surface area contributed by atoms with Crippen molar-refractivity contribution < 1.29 is 4.74 Å². The Kier molecular flexibility index (Phi) is 3.83. The molecule has 2 aromatic rings. The van der Waals surface area contributed by atoms with Crippen LogP contribution in [0.3, 0.4) is 0 Å². The van der Waals surface area contributed by atoms with Crippen LogP contribution in [-0.2, 0) is 7.05 Å². The summed E-state index contributed by atoms with van der Waals surface area (Å²) in [6, 6.07) is 1.89. The minimum absolute atomic E-state index is 0.273. The van der Waals surface area contributed by atoms with Crippen LogP contribution in [0.25, 0.3) is 0 Å². The lowest BCUT2D eigenvalue weighted by Gasteiger charge is -2.11. The lowest BCUT2D eigenvalue weighted by atomic mass is 10.1. The average molecular weight is 260 g/mol. The Morgan fingerprint density at radius 2 is 1.84 bits per heavy atom. The van der Waals surface area contributed by atoms with Crippen LogP contribution in [-0.4, -0.2) is 19.7 Å². The Morgan fingerprint density at radius 1 is 1.11 bits per heavy atom. The van der Waals surface area contributed by atoms with Crippen molar-refractivity contribution in [3.8, 4) is 11.6 Å². The van der Waals surface area contributed by atoms with E-state index in [1.165, 1.54) is 0 Å². The topological polar surface area (TPSA) is 52.8 Å². The van der Waals surface area contributed by atoms with Gasteiger partial charge >= 0.3 is 0 Å². The van der Waals surface area contributed by atoms with Crippen LogP contribution < -0.4 is 4.74 Å². The van der Waals surface area contributed by atoms with E-state index in [-0.39, 0.29) is 5.92 Å². The highest BCUT2D eigenvalue weighted by molar-refractivity contribution is 5.25. The van der Waals surface area contributed by atoms with Gasteiger partial charge in [-0.3, -0.25) is 4.68 Å². The standard InChI is InChI=1S/C14H20N4O/c1-9(2)12-6-13(17-14(16-12)10(3)4)19-11-7-15-18(5)8-11/h6-10H,1-5H3. The van der Waals surface area contributed by atoms with E-state index < -0.39 is 0 Å². The third-order valence-corrected chi connectivity index (χ3v) is 2.75. The maximum absolute atomic E-state index is 5.75. The molecule has 0 amide bonds. The lowest BCUT2D eigenvalue weighted by Crippen LogP contribution is -2.04. The zero-order chi connectivity index (χ0) is 14.0. The molecule has 0 unspecified atom stereocenters. The van der Waals surface area contributed by atoms with Gasteiger partial charge in [-0.2, -0.15) is 10.1 Å². The fraction of sp³-hybridized carbons (Fsp3) is 0.500. The van der Waals surface area contributed by atoms with Crippen molar-refractivity contribution in [1.82, 2.24) is 19.7 Å². The second-order valence-electron chi connectivity index (χ2n) is 5.25. The van der Waals surface area contributed by atoms with Crippen LogP contribution in [0.5, 0.6) is 11.6 Å². The van der Waals surface area contributed by atoms with Crippen LogP contribution in [0.4, 0.5) is 0 Å². The minimum Gasteiger partial charge on any atom is -0.436 e. The average Bonchev–Trinajstić information content (AvgIpc) is 2.74. The van der Waals surface area contributed by atoms with Gasteiger partial charge in [0.15, 0.2) is 5.75 Å². The van der Waals surface area contributed by atoms with E-state index in [1.807, 2.05) is 19.3 Å². The van der Waals surface area contributed by atoms with Gasteiger partial charge in [0.25, 0.3) is 0 Å². The Hall–Kier alpha value is -1.91. The lowest BCUT2D eigenvalue weighted by molar-refractivity contribution is 0.454. The molecule has 102 valence electrons. The summed E-state index contributed by atoms with van der Waals surface area (Å²) in [5.74, 6) is 2.69. The zero-order valence-electron chi connectivity index (χ0n) is 12.1. The number of hydrogen-bond acceptors (Lipinski definition) is 4. The number of aryl methyl sites for hydroxylation is 1. The van der Waals surface area contributed by atoms with Gasteiger partial charge in [0, 0.05) is 19.0 Å². The molecule has 0 aliphatic rings. The van der Waals surface area contributed by atoms with Crippen LogP contribution in [0.15, 0.2) is 18.5 Å². The molecule has 0 radical (unpaired) electrons. The molecule has 0 spiro atoms. The molecule has 0 aliphatic carbocycles. The molecule has 0 bridgehead atoms. The van der Waals surface area contributed by atoms with Gasteiger partial charge in [0.05, 0.1) is 18.1 Å². The number of hydrogen-bond donors (Lipinski definition) is 0. The predicted octanol–water partition coefficient (Wildman–Crippen LogP) is 3.25. The first kappa shape index (κ1) is 13.5. The summed E-state index contributed by atoms with van der Waals surface area (Å²) in [7, 11) is 1.85. The van der Waals surface area contributed by atoms with E-state index in [9.17, 15) is 0 Å². The Labute approximate surface area is 113 Å². The van der Waals surface area contributed by atoms with Crippen molar-refractivity contribution in [2.24, 2.45) is 7.05 Å². The van der Waals surface area contributed by atoms with E-state index in [0.717, 1.165) is 11.5 Å². The molecule has 2 heterocycles. The number of rotatable bonds is 4. The predicted molar refractivity (Wildman–Crippen MR) is 73.5 cm³/mol. The molecule has 0 aliphatic heterocycles. The Bertz CT molecular complexity index is 534. The second-order valence-corrected chi connectivity index (χ2v) is 5.25. The first-order valence-corrected chi connectivity index (χ1v) is 6.51. The van der Waals surface area contributed by atoms with E-state index in [2.05, 4.69) is 42.8 Å². The smallest absolute Gasteiger partial charge is 0.222 e. The van der Waals surface area contributed by atoms with Gasteiger partial charge in [0.2, 0.25) is 5.88 Å². The van der Waals surface area contributed by atoms with Gasteiger partial charge in [-0.15, -0.1) is 0 Å². The van der Waals surface area contributed by atoms with Crippen molar-refractivity contribution in [3.05, 3.63) is 30.0 Å². The molecule has 5 heteroatoms. The molecule has 2 aromatic heterocycles. The van der Waals surface area contributed by atoms with Gasteiger partial charge < -0.3 is 4.74 Å². The van der Waals surface area contributed by atoms with E-state index >= 15 is 0 Å². The van der Waals surface area contributed by atoms with Crippen LogP contribution in [0.1, 0.15) is 51.0 Å². The number of nitrogens with zero attached hydrogens (tertiary/aromatic N) is 4. The van der Waals surface area contributed by atoms with Crippen LogP contribution in [0, 0.1) is 0 Å². The zero-order valence-corrected chi connectivity index (χ0v) is 12.1. The molecule has 0 saturated heterocycles.